The average Bonchev–Trinajstić information content (AvgIpc) is 2.59. The van der Waals surface area contributed by atoms with Gasteiger partial charge in [0.25, 0.3) is 0 Å². The molecule has 14 heavy (non-hydrogen) atoms. The number of fused-ring (bicyclic) bond motifs is 1. The maximum absolute atomic E-state index is 10.3. The summed E-state index contributed by atoms with van der Waals surface area (Å²) in [5, 5.41) is 22.6. The Labute approximate surface area is 77.9 Å². The first-order valence-electron chi connectivity index (χ1n) is 3.73. The molecule has 1 aromatic heterocycles. The molecule has 72 valence electrons. The molecule has 0 fully saturated rings. The van der Waals surface area contributed by atoms with Crippen molar-refractivity contribution in [3.8, 4) is 12.1 Å². The largest absolute Gasteiger partial charge is 0.494 e. The Balaban J connectivity index is 2.34. The number of nitro groups is 1. The minimum atomic E-state index is -1.02. The molecule has 8 nitrogen and oxygen atoms in total. The van der Waals surface area contributed by atoms with E-state index in [-0.39, 0.29) is 12.6 Å². The van der Waals surface area contributed by atoms with Crippen molar-refractivity contribution < 1.29 is 9.66 Å². The minimum absolute atomic E-state index is 0.0146. The van der Waals surface area contributed by atoms with Crippen molar-refractivity contribution >= 4 is 5.95 Å². The molecule has 0 amide bonds. The van der Waals surface area contributed by atoms with E-state index in [2.05, 4.69) is 10.1 Å². The number of hydrogen-bond acceptors (Lipinski definition) is 6. The lowest BCUT2D eigenvalue weighted by atomic mass is 10.1. The first kappa shape index (κ1) is 8.43. The van der Waals surface area contributed by atoms with E-state index in [4.69, 9.17) is 10.00 Å². The van der Waals surface area contributed by atoms with Gasteiger partial charge < -0.3 is 14.9 Å². The topological polar surface area (TPSA) is 107 Å². The zero-order valence-electron chi connectivity index (χ0n) is 7.17. The molecular formula is C6H5N5O3. The quantitative estimate of drug-likeness (QED) is 0.456. The summed E-state index contributed by atoms with van der Waals surface area (Å²) in [4.78, 5) is 13.1. The molecule has 8 heteroatoms. The van der Waals surface area contributed by atoms with Gasteiger partial charge in [0.1, 0.15) is 12.6 Å². The predicted molar refractivity (Wildman–Crippen MR) is 41.3 cm³/mol. The third-order valence-electron chi connectivity index (χ3n) is 1.79. The van der Waals surface area contributed by atoms with Crippen LogP contribution in [0.2, 0.25) is 0 Å². The van der Waals surface area contributed by atoms with E-state index in [1.807, 2.05) is 6.07 Å². The van der Waals surface area contributed by atoms with E-state index in [0.29, 0.717) is 0 Å². The molecule has 2 rings (SSSR count). The van der Waals surface area contributed by atoms with E-state index < -0.39 is 16.5 Å². The van der Waals surface area contributed by atoms with Gasteiger partial charge in [-0.15, -0.1) is 4.68 Å². The molecule has 2 heterocycles. The molecule has 0 radical (unpaired) electrons. The van der Waals surface area contributed by atoms with Gasteiger partial charge in [-0.3, -0.25) is 0 Å². The van der Waals surface area contributed by atoms with Crippen molar-refractivity contribution in [2.24, 2.45) is 0 Å². The van der Waals surface area contributed by atoms with Gasteiger partial charge in [0.15, 0.2) is 0 Å². The Morgan fingerprint density at radius 2 is 2.57 bits per heavy atom. The molecule has 0 aromatic carbocycles. The van der Waals surface area contributed by atoms with Crippen LogP contribution >= 0.6 is 0 Å². The molecule has 0 aliphatic carbocycles. The average molecular weight is 195 g/mol. The van der Waals surface area contributed by atoms with Crippen molar-refractivity contribution in [1.82, 2.24) is 14.8 Å². The van der Waals surface area contributed by atoms with Crippen molar-refractivity contribution in [1.29, 1.82) is 5.26 Å². The molecule has 1 aliphatic heterocycles. The van der Waals surface area contributed by atoms with Crippen LogP contribution in [0.5, 0.6) is 6.01 Å². The summed E-state index contributed by atoms with van der Waals surface area (Å²) in [5.41, 5.74) is -1.02. The Kier molecular flexibility index (Phi) is 1.45. The van der Waals surface area contributed by atoms with Gasteiger partial charge in [-0.05, 0) is 16.8 Å². The second-order valence-electron chi connectivity index (χ2n) is 3.05. The zero-order valence-corrected chi connectivity index (χ0v) is 7.17. The van der Waals surface area contributed by atoms with Crippen LogP contribution in [-0.2, 0) is 6.54 Å². The van der Waals surface area contributed by atoms with Crippen molar-refractivity contribution in [3.63, 3.8) is 0 Å². The summed E-state index contributed by atoms with van der Waals surface area (Å²) < 4.78 is 6.31. The second-order valence-corrected chi connectivity index (χ2v) is 3.05. The number of ether oxygens (including phenoxy) is 1. The van der Waals surface area contributed by atoms with Crippen LogP contribution in [0.4, 0.5) is 5.95 Å². The molecular weight excluding hydrogens is 190 g/mol. The normalized spacial score (nSPS) is 23.7. The maximum atomic E-state index is 10.3. The Hall–Kier alpha value is -2.17. The van der Waals surface area contributed by atoms with Crippen LogP contribution in [0.1, 0.15) is 6.92 Å². The number of nitrogens with zero attached hydrogens (tertiary/aromatic N) is 5. The second kappa shape index (κ2) is 2.41. The van der Waals surface area contributed by atoms with Gasteiger partial charge in [0.2, 0.25) is 5.60 Å². The monoisotopic (exact) mass is 195 g/mol. The molecule has 1 aliphatic rings. The first-order chi connectivity index (χ1) is 6.54. The Bertz CT molecular complexity index is 421. The highest BCUT2D eigenvalue weighted by Crippen LogP contribution is 2.27. The number of rotatable bonds is 1. The van der Waals surface area contributed by atoms with Gasteiger partial charge in [-0.25, -0.2) is 0 Å². The maximum Gasteiger partial charge on any atom is 0.494 e. The van der Waals surface area contributed by atoms with Crippen LogP contribution in [0.25, 0.3) is 0 Å². The summed E-state index contributed by atoms with van der Waals surface area (Å²) in [6.45, 7) is 1.72. The van der Waals surface area contributed by atoms with Gasteiger partial charge in [-0.1, -0.05) is 0 Å². The van der Waals surface area contributed by atoms with E-state index in [1.165, 1.54) is 4.68 Å². The van der Waals surface area contributed by atoms with Gasteiger partial charge in [0, 0.05) is 5.10 Å². The van der Waals surface area contributed by atoms with Crippen LogP contribution in [0, 0.1) is 21.4 Å². The van der Waals surface area contributed by atoms with Crippen LogP contribution < -0.4 is 4.74 Å². The molecule has 0 saturated carbocycles. The molecule has 0 N–H and O–H groups in total. The number of aromatic nitrogens is 3. The standard InChI is InChI=1S/C6H5N5O3/c1-6(2-7)3-10-5(14-6)8-4(9-10)11(12)13/h3H2,1H3/t6-/m0/s1. The van der Waals surface area contributed by atoms with E-state index in [9.17, 15) is 10.1 Å². The minimum Gasteiger partial charge on any atom is -0.427 e. The van der Waals surface area contributed by atoms with Gasteiger partial charge in [-0.2, -0.15) is 5.26 Å². The third kappa shape index (κ3) is 1.06. The highest BCUT2D eigenvalue weighted by atomic mass is 16.6. The smallest absolute Gasteiger partial charge is 0.427 e. The van der Waals surface area contributed by atoms with E-state index >= 15 is 0 Å². The van der Waals surface area contributed by atoms with Crippen molar-refractivity contribution in [2.75, 3.05) is 0 Å². The highest BCUT2D eigenvalue weighted by Gasteiger charge is 2.42. The summed E-state index contributed by atoms with van der Waals surface area (Å²) in [6, 6.07) is 1.94. The fourth-order valence-electron chi connectivity index (χ4n) is 1.15. The fourth-order valence-corrected chi connectivity index (χ4v) is 1.15. The molecule has 0 spiro atoms. The van der Waals surface area contributed by atoms with Crippen LogP contribution in [0.3, 0.4) is 0 Å². The lowest BCUT2D eigenvalue weighted by molar-refractivity contribution is -0.394. The summed E-state index contributed by atoms with van der Waals surface area (Å²) in [5.74, 6) is -0.514. The zero-order chi connectivity index (χ0) is 10.3. The van der Waals surface area contributed by atoms with E-state index in [0.717, 1.165) is 0 Å². The Morgan fingerprint density at radius 1 is 1.86 bits per heavy atom. The lowest BCUT2D eigenvalue weighted by Crippen LogP contribution is -2.29. The molecule has 0 saturated heterocycles. The number of hydrogen-bond donors (Lipinski definition) is 0. The Morgan fingerprint density at radius 3 is 3.07 bits per heavy atom. The molecule has 1 atom stereocenters. The summed E-state index contributed by atoms with van der Waals surface area (Å²) >= 11 is 0. The third-order valence-corrected chi connectivity index (χ3v) is 1.79. The molecule has 0 unspecified atom stereocenters. The van der Waals surface area contributed by atoms with Gasteiger partial charge in [0.05, 0.1) is 0 Å². The SMILES string of the molecule is C[C@]1(C#N)Cn2nc([N+](=O)[O-])nc2O1. The van der Waals surface area contributed by atoms with E-state index in [1.54, 1.807) is 6.92 Å². The number of nitriles is 1. The molecule has 1 aromatic rings. The summed E-state index contributed by atoms with van der Waals surface area (Å²) in [6.07, 6.45) is 0. The van der Waals surface area contributed by atoms with Crippen molar-refractivity contribution in [3.05, 3.63) is 10.1 Å². The highest BCUT2D eigenvalue weighted by molar-refractivity contribution is 5.17. The fraction of sp³-hybridized carbons (Fsp3) is 0.500. The van der Waals surface area contributed by atoms with Crippen LogP contribution in [-0.4, -0.2) is 25.3 Å². The lowest BCUT2D eigenvalue weighted by Gasteiger charge is -2.09. The van der Waals surface area contributed by atoms with Gasteiger partial charge >= 0.3 is 12.0 Å². The summed E-state index contributed by atoms with van der Waals surface area (Å²) in [7, 11) is 0. The first-order valence-corrected chi connectivity index (χ1v) is 3.73. The predicted octanol–water partition coefficient (Wildman–Crippen LogP) is -0.139. The molecule has 0 bridgehead atoms. The van der Waals surface area contributed by atoms with Crippen LogP contribution in [0.15, 0.2) is 0 Å². The van der Waals surface area contributed by atoms with Crippen molar-refractivity contribution in [2.45, 2.75) is 19.1 Å².